The van der Waals surface area contributed by atoms with Gasteiger partial charge in [-0.3, -0.25) is 4.79 Å². The molecule has 4 rings (SSSR count). The number of nitrogens with zero attached hydrogens (tertiary/aromatic N) is 1. The van der Waals surface area contributed by atoms with Gasteiger partial charge in [-0.25, -0.2) is 9.59 Å². The summed E-state index contributed by atoms with van der Waals surface area (Å²) in [6, 6.07) is 10.8. The molecule has 4 N–H and O–H groups in total. The Morgan fingerprint density at radius 3 is 2.31 bits per heavy atom. The molecule has 0 aromatic heterocycles. The number of carbonyl (C=O) groups is 3. The smallest absolute Gasteiger partial charge is 0.335 e. The molecule has 0 bridgehead atoms. The van der Waals surface area contributed by atoms with Gasteiger partial charge in [0.15, 0.2) is 0 Å². The van der Waals surface area contributed by atoms with Crippen LogP contribution in [-0.4, -0.2) is 51.2 Å². The lowest BCUT2D eigenvalue weighted by Gasteiger charge is -2.37. The van der Waals surface area contributed by atoms with Crippen molar-refractivity contribution in [1.29, 1.82) is 0 Å². The number of carboxylic acid groups (broad SMARTS) is 1. The van der Waals surface area contributed by atoms with Crippen molar-refractivity contribution in [3.8, 4) is 0 Å². The molecule has 1 saturated carbocycles. The van der Waals surface area contributed by atoms with Gasteiger partial charge in [0.1, 0.15) is 0 Å². The summed E-state index contributed by atoms with van der Waals surface area (Å²) in [6.45, 7) is 2.60. The van der Waals surface area contributed by atoms with Crippen molar-refractivity contribution in [3.63, 3.8) is 0 Å². The molecular formula is C26H30ClN3O5. The largest absolute Gasteiger partial charge is 0.478 e. The van der Waals surface area contributed by atoms with E-state index in [-0.39, 0.29) is 23.4 Å². The molecule has 1 unspecified atom stereocenters. The van der Waals surface area contributed by atoms with Crippen molar-refractivity contribution in [1.82, 2.24) is 4.90 Å². The first-order valence-electron chi connectivity index (χ1n) is 11.8. The average Bonchev–Trinajstić information content (AvgIpc) is 3.16. The van der Waals surface area contributed by atoms with Crippen LogP contribution in [-0.2, 0) is 11.2 Å². The fourth-order valence-corrected chi connectivity index (χ4v) is 5.15. The second-order valence-corrected chi connectivity index (χ2v) is 10.1. The number of urea groups is 1. The third kappa shape index (κ3) is 6.13. The molecule has 186 valence electrons. The Morgan fingerprint density at radius 1 is 1.06 bits per heavy atom. The minimum absolute atomic E-state index is 0.120. The van der Waals surface area contributed by atoms with Gasteiger partial charge in [-0.2, -0.15) is 0 Å². The number of amides is 3. The Bertz CT molecular complexity index is 1110. The van der Waals surface area contributed by atoms with Crippen LogP contribution in [0.3, 0.4) is 0 Å². The molecule has 2 aromatic rings. The van der Waals surface area contributed by atoms with Crippen LogP contribution >= 0.6 is 11.6 Å². The first-order chi connectivity index (χ1) is 16.6. The van der Waals surface area contributed by atoms with Gasteiger partial charge >= 0.3 is 12.0 Å². The molecule has 3 amide bonds. The highest BCUT2D eigenvalue weighted by atomic mass is 35.5. The van der Waals surface area contributed by atoms with E-state index in [1.165, 1.54) is 24.3 Å². The Kier molecular flexibility index (Phi) is 7.33. The Hall–Kier alpha value is -3.10. The zero-order valence-corrected chi connectivity index (χ0v) is 20.3. The SMILES string of the molecule is CC1(O)CCC(N2CCC(Cc3ccc(NC(=O)Nc4ccc(C(=O)O)cc4)cc3Cl)C2=O)CC1. The standard InChI is InChI=1S/C26H30ClN3O5/c1-26(35)11-8-21(9-12-26)30-13-10-18(23(30)31)14-17-4-7-20(15-22(17)27)29-25(34)28-19-5-2-16(3-6-19)24(32)33/h2-7,15,18,21,35H,8-14H2,1H3,(H,32,33)(H2,28,29,34). The maximum atomic E-state index is 13.0. The van der Waals surface area contributed by atoms with Gasteiger partial charge in [-0.1, -0.05) is 17.7 Å². The molecule has 1 atom stereocenters. The summed E-state index contributed by atoms with van der Waals surface area (Å²) in [6.07, 6.45) is 4.42. The number of aromatic carboxylic acids is 1. The third-order valence-electron chi connectivity index (χ3n) is 6.99. The molecule has 9 heteroatoms. The topological polar surface area (TPSA) is 119 Å². The summed E-state index contributed by atoms with van der Waals surface area (Å²) >= 11 is 6.48. The lowest BCUT2D eigenvalue weighted by Crippen LogP contribution is -2.43. The first kappa shape index (κ1) is 25.0. The highest BCUT2D eigenvalue weighted by Gasteiger charge is 2.39. The fourth-order valence-electron chi connectivity index (χ4n) is 4.90. The van der Waals surface area contributed by atoms with Gasteiger partial charge in [-0.15, -0.1) is 0 Å². The molecule has 0 radical (unpaired) electrons. The number of aliphatic hydroxyl groups is 1. The zero-order chi connectivity index (χ0) is 25.2. The molecule has 1 saturated heterocycles. The Balaban J connectivity index is 1.31. The molecule has 2 aliphatic rings. The summed E-state index contributed by atoms with van der Waals surface area (Å²) in [7, 11) is 0. The number of carbonyl (C=O) groups excluding carboxylic acids is 2. The number of carboxylic acids is 1. The highest BCUT2D eigenvalue weighted by molar-refractivity contribution is 6.31. The number of hydrogen-bond acceptors (Lipinski definition) is 4. The van der Waals surface area contributed by atoms with Crippen LogP contribution in [0.5, 0.6) is 0 Å². The zero-order valence-electron chi connectivity index (χ0n) is 19.6. The first-order valence-corrected chi connectivity index (χ1v) is 12.2. The second kappa shape index (κ2) is 10.3. The number of rotatable bonds is 6. The van der Waals surface area contributed by atoms with Gasteiger partial charge < -0.3 is 25.7 Å². The number of nitrogens with one attached hydrogen (secondary N) is 2. The van der Waals surface area contributed by atoms with Gasteiger partial charge in [0.05, 0.1) is 11.2 Å². The van der Waals surface area contributed by atoms with Crippen LogP contribution in [0.2, 0.25) is 5.02 Å². The van der Waals surface area contributed by atoms with E-state index in [0.717, 1.165) is 31.4 Å². The van der Waals surface area contributed by atoms with E-state index in [4.69, 9.17) is 16.7 Å². The molecule has 1 heterocycles. The van der Waals surface area contributed by atoms with E-state index in [0.29, 0.717) is 35.7 Å². The van der Waals surface area contributed by atoms with Crippen molar-refractivity contribution in [2.45, 2.75) is 57.1 Å². The molecule has 1 aliphatic carbocycles. The van der Waals surface area contributed by atoms with Crippen LogP contribution in [0.15, 0.2) is 42.5 Å². The van der Waals surface area contributed by atoms with Crippen molar-refractivity contribution in [2.75, 3.05) is 17.2 Å². The summed E-state index contributed by atoms with van der Waals surface area (Å²) in [4.78, 5) is 38.3. The van der Waals surface area contributed by atoms with Crippen LogP contribution in [0, 0.1) is 5.92 Å². The van der Waals surface area contributed by atoms with Crippen LogP contribution in [0.25, 0.3) is 0 Å². The van der Waals surface area contributed by atoms with E-state index in [9.17, 15) is 19.5 Å². The number of benzene rings is 2. The average molecular weight is 500 g/mol. The van der Waals surface area contributed by atoms with Gasteiger partial charge in [0.25, 0.3) is 0 Å². The fraction of sp³-hybridized carbons (Fsp3) is 0.423. The van der Waals surface area contributed by atoms with E-state index in [2.05, 4.69) is 10.6 Å². The number of halogens is 1. The molecule has 8 nitrogen and oxygen atoms in total. The van der Waals surface area contributed by atoms with E-state index < -0.39 is 17.6 Å². The molecule has 0 spiro atoms. The van der Waals surface area contributed by atoms with Crippen molar-refractivity contribution >= 4 is 40.9 Å². The van der Waals surface area contributed by atoms with Crippen molar-refractivity contribution in [2.24, 2.45) is 5.92 Å². The maximum Gasteiger partial charge on any atom is 0.335 e. The molecular weight excluding hydrogens is 470 g/mol. The van der Waals surface area contributed by atoms with E-state index in [1.807, 2.05) is 17.9 Å². The highest BCUT2D eigenvalue weighted by Crippen LogP contribution is 2.35. The molecule has 2 fully saturated rings. The quantitative estimate of drug-likeness (QED) is 0.456. The number of hydrogen-bond donors (Lipinski definition) is 4. The Labute approximate surface area is 209 Å². The summed E-state index contributed by atoms with van der Waals surface area (Å²) in [5.41, 5.74) is 1.33. The minimum atomic E-state index is -1.04. The van der Waals surface area contributed by atoms with E-state index in [1.54, 1.807) is 12.1 Å². The number of anilines is 2. The number of likely N-dealkylation sites (tertiary alicyclic amines) is 1. The second-order valence-electron chi connectivity index (χ2n) is 9.72. The Morgan fingerprint density at radius 2 is 1.69 bits per heavy atom. The van der Waals surface area contributed by atoms with Crippen LogP contribution in [0.1, 0.15) is 54.9 Å². The third-order valence-corrected chi connectivity index (χ3v) is 7.34. The summed E-state index contributed by atoms with van der Waals surface area (Å²) in [5, 5.41) is 25.0. The minimum Gasteiger partial charge on any atom is -0.478 e. The van der Waals surface area contributed by atoms with Crippen LogP contribution < -0.4 is 10.6 Å². The monoisotopic (exact) mass is 499 g/mol. The maximum absolute atomic E-state index is 13.0. The predicted molar refractivity (Wildman–Crippen MR) is 134 cm³/mol. The summed E-state index contributed by atoms with van der Waals surface area (Å²) < 4.78 is 0. The lowest BCUT2D eigenvalue weighted by molar-refractivity contribution is -0.134. The van der Waals surface area contributed by atoms with Crippen LogP contribution in [0.4, 0.5) is 16.2 Å². The molecule has 35 heavy (non-hydrogen) atoms. The molecule has 1 aliphatic heterocycles. The van der Waals surface area contributed by atoms with Gasteiger partial charge in [0.2, 0.25) is 5.91 Å². The van der Waals surface area contributed by atoms with Gasteiger partial charge in [-0.05, 0) is 87.4 Å². The van der Waals surface area contributed by atoms with Crippen molar-refractivity contribution < 1.29 is 24.6 Å². The van der Waals surface area contributed by atoms with Gasteiger partial charge in [0, 0.05) is 34.9 Å². The molecule has 2 aromatic carbocycles. The van der Waals surface area contributed by atoms with Crippen molar-refractivity contribution in [3.05, 3.63) is 58.6 Å². The predicted octanol–water partition coefficient (Wildman–Crippen LogP) is 4.77. The van der Waals surface area contributed by atoms with E-state index >= 15 is 0 Å². The summed E-state index contributed by atoms with van der Waals surface area (Å²) in [5.74, 6) is -1.00. The lowest BCUT2D eigenvalue weighted by atomic mass is 9.83. The normalized spacial score (nSPS) is 24.3.